The molecule has 1 amide bonds. The summed E-state index contributed by atoms with van der Waals surface area (Å²) in [7, 11) is 0. The third-order valence-electron chi connectivity index (χ3n) is 4.67. The first-order valence-corrected chi connectivity index (χ1v) is 10.2. The highest BCUT2D eigenvalue weighted by atomic mass is 35.5. The molecule has 0 aliphatic carbocycles. The number of piperidine rings is 1. The molecule has 2 heterocycles. The van der Waals surface area contributed by atoms with Crippen LogP contribution in [0, 0.1) is 5.92 Å². The minimum Gasteiger partial charge on any atom is -0.367 e. The van der Waals surface area contributed by atoms with Crippen LogP contribution in [0.25, 0.3) is 5.69 Å². The number of nitrogens with one attached hydrogen (secondary N) is 1. The van der Waals surface area contributed by atoms with Crippen molar-refractivity contribution in [2.45, 2.75) is 32.7 Å². The molecule has 0 saturated carbocycles. The summed E-state index contributed by atoms with van der Waals surface area (Å²) in [5.41, 5.74) is 0.499. The van der Waals surface area contributed by atoms with E-state index in [2.05, 4.69) is 10.4 Å². The maximum Gasteiger partial charge on any atom is 0.292 e. The summed E-state index contributed by atoms with van der Waals surface area (Å²) >= 11 is 18.5. The molecule has 1 saturated heterocycles. The van der Waals surface area contributed by atoms with Gasteiger partial charge in [-0.1, -0.05) is 48.7 Å². The topological polar surface area (TPSA) is 67.2 Å². The molecule has 1 aromatic heterocycles. The summed E-state index contributed by atoms with van der Waals surface area (Å²) in [6, 6.07) is 4.80. The van der Waals surface area contributed by atoms with E-state index in [1.807, 2.05) is 18.7 Å². The molecule has 1 N–H and O–H groups in total. The molecule has 9 heteroatoms. The highest BCUT2D eigenvalue weighted by Crippen LogP contribution is 2.27. The summed E-state index contributed by atoms with van der Waals surface area (Å²) in [6.07, 6.45) is 3.32. The number of amides is 1. The van der Waals surface area contributed by atoms with Crippen molar-refractivity contribution in [2.24, 2.45) is 5.92 Å². The van der Waals surface area contributed by atoms with Gasteiger partial charge in [0, 0.05) is 30.1 Å². The van der Waals surface area contributed by atoms with Crippen LogP contribution in [-0.4, -0.2) is 34.8 Å². The van der Waals surface area contributed by atoms with E-state index in [-0.39, 0.29) is 22.9 Å². The second-order valence-electron chi connectivity index (χ2n) is 7.10. The van der Waals surface area contributed by atoms with Crippen molar-refractivity contribution in [3.8, 4) is 5.69 Å². The minimum atomic E-state index is -0.461. The van der Waals surface area contributed by atoms with E-state index in [0.29, 0.717) is 28.0 Å². The fraction of sp³-hybridized carbons (Fsp3) is 0.421. The van der Waals surface area contributed by atoms with Gasteiger partial charge < -0.3 is 10.2 Å². The van der Waals surface area contributed by atoms with Gasteiger partial charge in [-0.2, -0.15) is 9.78 Å². The van der Waals surface area contributed by atoms with Crippen LogP contribution in [0.2, 0.25) is 15.1 Å². The zero-order valence-electron chi connectivity index (χ0n) is 15.6. The largest absolute Gasteiger partial charge is 0.367 e. The molecule has 1 aliphatic heterocycles. The molecule has 1 unspecified atom stereocenters. The maximum absolute atomic E-state index is 12.8. The predicted octanol–water partition coefficient (Wildman–Crippen LogP) is 3.93. The molecule has 0 bridgehead atoms. The van der Waals surface area contributed by atoms with Crippen molar-refractivity contribution in [1.29, 1.82) is 0 Å². The Morgan fingerprint density at radius 3 is 2.68 bits per heavy atom. The summed E-state index contributed by atoms with van der Waals surface area (Å²) in [4.78, 5) is 26.8. The number of benzene rings is 1. The van der Waals surface area contributed by atoms with Crippen molar-refractivity contribution in [3.05, 3.63) is 49.8 Å². The van der Waals surface area contributed by atoms with Gasteiger partial charge in [0.05, 0.1) is 22.6 Å². The Morgan fingerprint density at radius 1 is 1.25 bits per heavy atom. The van der Waals surface area contributed by atoms with Crippen LogP contribution in [0.4, 0.5) is 5.69 Å². The first-order chi connectivity index (χ1) is 13.3. The van der Waals surface area contributed by atoms with Gasteiger partial charge >= 0.3 is 0 Å². The van der Waals surface area contributed by atoms with E-state index in [4.69, 9.17) is 34.8 Å². The molecule has 1 aromatic carbocycles. The number of carbonyl (C=O) groups excluding carboxylic acids is 1. The lowest BCUT2D eigenvalue weighted by molar-refractivity contribution is -0.124. The van der Waals surface area contributed by atoms with Crippen molar-refractivity contribution in [3.63, 3.8) is 0 Å². The Kier molecular flexibility index (Phi) is 6.53. The molecule has 6 nitrogen and oxygen atoms in total. The Bertz CT molecular complexity index is 945. The number of nitrogens with zero attached hydrogens (tertiary/aromatic N) is 3. The lowest BCUT2D eigenvalue weighted by atomic mass is 10.0. The quantitative estimate of drug-likeness (QED) is 0.777. The smallest absolute Gasteiger partial charge is 0.292 e. The molecule has 150 valence electrons. The number of halogens is 3. The van der Waals surface area contributed by atoms with Gasteiger partial charge in [-0.05, 0) is 31.0 Å². The van der Waals surface area contributed by atoms with Gasteiger partial charge in [-0.3, -0.25) is 9.59 Å². The zero-order chi connectivity index (χ0) is 20.4. The summed E-state index contributed by atoms with van der Waals surface area (Å²) in [5.74, 6) is -0.0578. The molecule has 28 heavy (non-hydrogen) atoms. The van der Waals surface area contributed by atoms with E-state index >= 15 is 0 Å². The van der Waals surface area contributed by atoms with E-state index in [1.165, 1.54) is 0 Å². The van der Waals surface area contributed by atoms with E-state index in [0.717, 1.165) is 24.1 Å². The molecule has 0 radical (unpaired) electrons. The van der Waals surface area contributed by atoms with Crippen molar-refractivity contribution in [2.75, 3.05) is 18.0 Å². The molecule has 0 spiro atoms. The average Bonchev–Trinajstić information content (AvgIpc) is 2.64. The van der Waals surface area contributed by atoms with Crippen LogP contribution in [0.5, 0.6) is 0 Å². The molecule has 2 aromatic rings. The Balaban J connectivity index is 1.86. The minimum absolute atomic E-state index is 0.00728. The molecule has 1 aliphatic rings. The highest BCUT2D eigenvalue weighted by molar-refractivity contribution is 6.36. The normalized spacial score (nSPS) is 17.1. The number of anilines is 1. The van der Waals surface area contributed by atoms with E-state index in [1.54, 1.807) is 24.4 Å². The molecule has 3 rings (SSSR count). The van der Waals surface area contributed by atoms with Gasteiger partial charge in [-0.25, -0.2) is 0 Å². The SMILES string of the molecule is CC(C)C(=O)NC1CCCN(c2cnn(-c3ccc(Cl)cc3Cl)c(=O)c2Cl)C1. The van der Waals surface area contributed by atoms with Gasteiger partial charge in [0.2, 0.25) is 5.91 Å². The summed E-state index contributed by atoms with van der Waals surface area (Å²) < 4.78 is 1.16. The number of hydrogen-bond acceptors (Lipinski definition) is 4. The molecular formula is C19H21Cl3N4O2. The second kappa shape index (κ2) is 8.72. The fourth-order valence-corrected chi connectivity index (χ4v) is 3.89. The van der Waals surface area contributed by atoms with Crippen LogP contribution in [-0.2, 0) is 4.79 Å². The summed E-state index contributed by atoms with van der Waals surface area (Å²) in [5, 5.41) is 8.13. The standard InChI is InChI=1S/C19H21Cl3N4O2/c1-11(2)18(27)24-13-4-3-7-25(10-13)16-9-23-26(19(28)17(16)22)15-6-5-12(20)8-14(15)21/h5-6,8-9,11,13H,3-4,7,10H2,1-2H3,(H,24,27). The lowest BCUT2D eigenvalue weighted by Gasteiger charge is -2.35. The number of hydrogen-bond donors (Lipinski definition) is 1. The van der Waals surface area contributed by atoms with Crippen molar-refractivity contribution in [1.82, 2.24) is 15.1 Å². The zero-order valence-corrected chi connectivity index (χ0v) is 17.9. The Hall–Kier alpha value is -1.76. The number of carbonyl (C=O) groups is 1. The van der Waals surface area contributed by atoms with Crippen molar-refractivity contribution >= 4 is 46.4 Å². The Labute approximate surface area is 178 Å². The first-order valence-electron chi connectivity index (χ1n) is 9.06. The van der Waals surface area contributed by atoms with E-state index < -0.39 is 5.56 Å². The van der Waals surface area contributed by atoms with Crippen LogP contribution in [0.3, 0.4) is 0 Å². The average molecular weight is 444 g/mol. The second-order valence-corrected chi connectivity index (χ2v) is 8.33. The predicted molar refractivity (Wildman–Crippen MR) is 113 cm³/mol. The Morgan fingerprint density at radius 2 is 2.00 bits per heavy atom. The first kappa shape index (κ1) is 21.0. The van der Waals surface area contributed by atoms with Crippen LogP contribution in [0.1, 0.15) is 26.7 Å². The number of aromatic nitrogens is 2. The van der Waals surface area contributed by atoms with Crippen LogP contribution >= 0.6 is 34.8 Å². The highest BCUT2D eigenvalue weighted by Gasteiger charge is 2.25. The maximum atomic E-state index is 12.8. The lowest BCUT2D eigenvalue weighted by Crippen LogP contribution is -2.49. The van der Waals surface area contributed by atoms with Gasteiger partial charge in [0.25, 0.3) is 5.56 Å². The molecule has 1 fully saturated rings. The summed E-state index contributed by atoms with van der Waals surface area (Å²) in [6.45, 7) is 5.03. The van der Waals surface area contributed by atoms with Gasteiger partial charge in [-0.15, -0.1) is 0 Å². The van der Waals surface area contributed by atoms with Gasteiger partial charge in [0.1, 0.15) is 5.02 Å². The van der Waals surface area contributed by atoms with E-state index in [9.17, 15) is 9.59 Å². The van der Waals surface area contributed by atoms with Gasteiger partial charge in [0.15, 0.2) is 0 Å². The number of rotatable bonds is 4. The van der Waals surface area contributed by atoms with Crippen LogP contribution in [0.15, 0.2) is 29.2 Å². The third-order valence-corrected chi connectivity index (χ3v) is 5.56. The fourth-order valence-electron chi connectivity index (χ4n) is 3.15. The molecule has 1 atom stereocenters. The monoisotopic (exact) mass is 442 g/mol. The van der Waals surface area contributed by atoms with Crippen LogP contribution < -0.4 is 15.8 Å². The third kappa shape index (κ3) is 4.45. The molecular weight excluding hydrogens is 423 g/mol. The van der Waals surface area contributed by atoms with Crippen molar-refractivity contribution < 1.29 is 4.79 Å².